The third-order valence-corrected chi connectivity index (χ3v) is 3.08. The first-order chi connectivity index (χ1) is 6.24. The molecule has 0 N–H and O–H groups in total. The highest BCUT2D eigenvalue weighted by Gasteiger charge is 2.06. The van der Waals surface area contributed by atoms with Gasteiger partial charge < -0.3 is 0 Å². The number of halogens is 1. The van der Waals surface area contributed by atoms with E-state index in [1.54, 1.807) is 10.6 Å². The summed E-state index contributed by atoms with van der Waals surface area (Å²) in [5.74, 6) is 0.212. The van der Waals surface area contributed by atoms with Crippen LogP contribution in [0.15, 0.2) is 16.4 Å². The molecule has 0 bridgehead atoms. The molecule has 2 heterocycles. The van der Waals surface area contributed by atoms with E-state index in [-0.39, 0.29) is 11.4 Å². The Hall–Kier alpha value is -0.870. The highest BCUT2D eigenvalue weighted by atomic mass is 35.5. The van der Waals surface area contributed by atoms with Crippen LogP contribution in [0.1, 0.15) is 11.3 Å². The van der Waals surface area contributed by atoms with E-state index < -0.39 is 0 Å². The van der Waals surface area contributed by atoms with Crippen LogP contribution in [0.5, 0.6) is 0 Å². The quantitative estimate of drug-likeness (QED) is 0.679. The van der Waals surface area contributed by atoms with Gasteiger partial charge in [-0.2, -0.15) is 0 Å². The van der Waals surface area contributed by atoms with E-state index >= 15 is 0 Å². The Morgan fingerprint density at radius 1 is 1.69 bits per heavy atom. The molecule has 0 spiro atoms. The number of hydrogen-bond donors (Lipinski definition) is 0. The van der Waals surface area contributed by atoms with Crippen LogP contribution < -0.4 is 5.56 Å². The van der Waals surface area contributed by atoms with Gasteiger partial charge in [0, 0.05) is 17.3 Å². The predicted octanol–water partition coefficient (Wildman–Crippen LogP) is 1.80. The van der Waals surface area contributed by atoms with Gasteiger partial charge in [0.1, 0.15) is 0 Å². The third-order valence-electron chi connectivity index (χ3n) is 1.83. The van der Waals surface area contributed by atoms with Crippen LogP contribution in [0.3, 0.4) is 0 Å². The molecule has 2 rings (SSSR count). The summed E-state index contributed by atoms with van der Waals surface area (Å²) in [6.07, 6.45) is 1.54. The van der Waals surface area contributed by atoms with Gasteiger partial charge in [-0.3, -0.25) is 9.20 Å². The second-order valence-electron chi connectivity index (χ2n) is 2.72. The Labute approximate surface area is 83.6 Å². The van der Waals surface area contributed by atoms with E-state index in [1.807, 2.05) is 12.3 Å². The summed E-state index contributed by atoms with van der Waals surface area (Å²) < 4.78 is 1.59. The van der Waals surface area contributed by atoms with Crippen LogP contribution in [0.25, 0.3) is 4.96 Å². The van der Waals surface area contributed by atoms with E-state index in [0.717, 1.165) is 10.7 Å². The number of thiazole rings is 1. The zero-order valence-electron chi connectivity index (χ0n) is 6.95. The van der Waals surface area contributed by atoms with Gasteiger partial charge in [-0.05, 0) is 6.92 Å². The normalized spacial score (nSPS) is 10.9. The van der Waals surface area contributed by atoms with Gasteiger partial charge in [0.25, 0.3) is 5.56 Å². The topological polar surface area (TPSA) is 34.4 Å². The zero-order valence-corrected chi connectivity index (χ0v) is 8.52. The van der Waals surface area contributed by atoms with Crippen molar-refractivity contribution in [2.45, 2.75) is 12.8 Å². The van der Waals surface area contributed by atoms with Gasteiger partial charge in [-0.25, -0.2) is 4.98 Å². The van der Waals surface area contributed by atoms with Crippen molar-refractivity contribution in [3.05, 3.63) is 33.2 Å². The second-order valence-corrected chi connectivity index (χ2v) is 3.82. The summed E-state index contributed by atoms with van der Waals surface area (Å²) in [7, 11) is 0. The molecule has 0 atom stereocenters. The minimum absolute atomic E-state index is 0.0567. The molecule has 2 aromatic rings. The lowest BCUT2D eigenvalue weighted by Crippen LogP contribution is -2.18. The van der Waals surface area contributed by atoms with Crippen molar-refractivity contribution in [3.8, 4) is 0 Å². The van der Waals surface area contributed by atoms with Crippen molar-refractivity contribution in [1.82, 2.24) is 9.38 Å². The molecular weight excluding hydrogens is 208 g/mol. The third kappa shape index (κ3) is 1.26. The highest BCUT2D eigenvalue weighted by Crippen LogP contribution is 2.11. The van der Waals surface area contributed by atoms with Crippen LogP contribution in [0.4, 0.5) is 0 Å². The monoisotopic (exact) mass is 214 g/mol. The molecule has 0 aliphatic rings. The maximum absolute atomic E-state index is 11.7. The lowest BCUT2D eigenvalue weighted by Gasteiger charge is -1.96. The molecule has 0 amide bonds. The van der Waals surface area contributed by atoms with Crippen LogP contribution >= 0.6 is 22.9 Å². The van der Waals surface area contributed by atoms with E-state index in [4.69, 9.17) is 11.6 Å². The van der Waals surface area contributed by atoms with Crippen molar-refractivity contribution in [2.24, 2.45) is 0 Å². The first-order valence-electron chi connectivity index (χ1n) is 3.74. The summed E-state index contributed by atoms with van der Waals surface area (Å²) in [5.41, 5.74) is 1.39. The lowest BCUT2D eigenvalue weighted by atomic mass is 10.4. The average molecular weight is 215 g/mol. The summed E-state index contributed by atoms with van der Waals surface area (Å²) in [6.45, 7) is 1.88. The first kappa shape index (κ1) is 8.72. The smallest absolute Gasteiger partial charge is 0.263 e. The average Bonchev–Trinajstić information content (AvgIpc) is 2.49. The van der Waals surface area contributed by atoms with Crippen molar-refractivity contribution in [2.75, 3.05) is 0 Å². The molecule has 0 saturated carbocycles. The molecule has 0 aromatic carbocycles. The summed E-state index contributed by atoms with van der Waals surface area (Å²) in [6, 6.07) is 0. The van der Waals surface area contributed by atoms with Crippen molar-refractivity contribution < 1.29 is 0 Å². The number of rotatable bonds is 1. The molecule has 13 heavy (non-hydrogen) atoms. The minimum atomic E-state index is -0.0567. The molecule has 2 aromatic heterocycles. The number of fused-ring (bicyclic) bond motifs is 1. The Kier molecular flexibility index (Phi) is 2.09. The summed E-state index contributed by atoms with van der Waals surface area (Å²) >= 11 is 7.06. The van der Waals surface area contributed by atoms with Gasteiger partial charge in [-0.15, -0.1) is 22.9 Å². The number of hydrogen-bond acceptors (Lipinski definition) is 3. The molecule has 0 aliphatic carbocycles. The van der Waals surface area contributed by atoms with E-state index in [1.165, 1.54) is 11.3 Å². The van der Waals surface area contributed by atoms with Crippen molar-refractivity contribution in [3.63, 3.8) is 0 Å². The fourth-order valence-corrected chi connectivity index (χ4v) is 2.16. The molecule has 68 valence electrons. The molecule has 0 aliphatic heterocycles. The molecular formula is C8H7ClN2OS. The number of aromatic nitrogens is 2. The second kappa shape index (κ2) is 3.12. The van der Waals surface area contributed by atoms with Crippen LogP contribution in [-0.4, -0.2) is 9.38 Å². The molecule has 5 heteroatoms. The Bertz CT molecular complexity index is 502. The maximum atomic E-state index is 11.7. The minimum Gasteiger partial charge on any atom is -0.268 e. The SMILES string of the molecule is Cc1csc2ncc(CCl)c(=O)n12. The zero-order chi connectivity index (χ0) is 9.42. The van der Waals surface area contributed by atoms with Gasteiger partial charge in [0.2, 0.25) is 0 Å². The highest BCUT2D eigenvalue weighted by molar-refractivity contribution is 7.15. The summed E-state index contributed by atoms with van der Waals surface area (Å²) in [4.78, 5) is 16.5. The van der Waals surface area contributed by atoms with Gasteiger partial charge >= 0.3 is 0 Å². The van der Waals surface area contributed by atoms with Gasteiger partial charge in [0.05, 0.1) is 11.4 Å². The largest absolute Gasteiger partial charge is 0.268 e. The number of nitrogens with zero attached hydrogens (tertiary/aromatic N) is 2. The van der Waals surface area contributed by atoms with Gasteiger partial charge in [-0.1, -0.05) is 0 Å². The molecule has 3 nitrogen and oxygen atoms in total. The molecule has 0 radical (unpaired) electrons. The van der Waals surface area contributed by atoms with E-state index in [0.29, 0.717) is 5.56 Å². The fourth-order valence-electron chi connectivity index (χ4n) is 1.15. The number of alkyl halides is 1. The van der Waals surface area contributed by atoms with E-state index in [2.05, 4.69) is 4.98 Å². The van der Waals surface area contributed by atoms with Crippen LogP contribution in [-0.2, 0) is 5.88 Å². The number of aryl methyl sites for hydroxylation is 1. The van der Waals surface area contributed by atoms with Gasteiger partial charge in [0.15, 0.2) is 4.96 Å². The molecule has 0 saturated heterocycles. The molecule has 0 fully saturated rings. The van der Waals surface area contributed by atoms with Crippen molar-refractivity contribution >= 4 is 27.9 Å². The Morgan fingerprint density at radius 3 is 3.15 bits per heavy atom. The standard InChI is InChI=1S/C8H7ClN2OS/c1-5-4-13-8-10-3-6(2-9)7(12)11(5)8/h3-4H,2H2,1H3. The van der Waals surface area contributed by atoms with E-state index in [9.17, 15) is 4.79 Å². The Balaban J connectivity index is 2.92. The van der Waals surface area contributed by atoms with Crippen LogP contribution in [0, 0.1) is 6.92 Å². The van der Waals surface area contributed by atoms with Crippen molar-refractivity contribution in [1.29, 1.82) is 0 Å². The first-order valence-corrected chi connectivity index (χ1v) is 5.16. The van der Waals surface area contributed by atoms with Crippen LogP contribution in [0.2, 0.25) is 0 Å². The molecule has 0 unspecified atom stereocenters. The lowest BCUT2D eigenvalue weighted by molar-refractivity contribution is 0.991. The summed E-state index contributed by atoms with van der Waals surface area (Å²) in [5, 5.41) is 1.90. The predicted molar refractivity (Wildman–Crippen MR) is 53.6 cm³/mol. The Morgan fingerprint density at radius 2 is 2.46 bits per heavy atom. The fraction of sp³-hybridized carbons (Fsp3) is 0.250. The maximum Gasteiger partial charge on any atom is 0.263 e.